The maximum Gasteiger partial charge on any atom is 0.317 e. The average molecular weight is 273 g/mol. The van der Waals surface area contributed by atoms with E-state index in [1.54, 1.807) is 6.33 Å². The number of hydrogen-bond acceptors (Lipinski definition) is 4. The van der Waals surface area contributed by atoms with Gasteiger partial charge in [-0.2, -0.15) is 0 Å². The first-order valence-corrected chi connectivity index (χ1v) is 6.84. The van der Waals surface area contributed by atoms with Crippen LogP contribution in [0.3, 0.4) is 0 Å². The molecule has 0 spiro atoms. The van der Waals surface area contributed by atoms with Gasteiger partial charge in [0.1, 0.15) is 18.1 Å². The normalized spacial score (nSPS) is 12.1. The quantitative estimate of drug-likeness (QED) is 0.757. The SMILES string of the molecule is CCOC(=O)C(Cc1ccccc1)c1nncn1CC. The second kappa shape index (κ2) is 6.84. The molecule has 0 aliphatic rings. The van der Waals surface area contributed by atoms with Crippen LogP contribution in [0.5, 0.6) is 0 Å². The summed E-state index contributed by atoms with van der Waals surface area (Å²) in [6.07, 6.45) is 2.21. The maximum atomic E-state index is 12.2. The molecular weight excluding hydrogens is 254 g/mol. The molecule has 5 heteroatoms. The molecule has 0 radical (unpaired) electrons. The van der Waals surface area contributed by atoms with Gasteiger partial charge in [0.05, 0.1) is 6.61 Å². The van der Waals surface area contributed by atoms with Crippen molar-refractivity contribution in [3.63, 3.8) is 0 Å². The van der Waals surface area contributed by atoms with Crippen LogP contribution in [0.1, 0.15) is 31.2 Å². The standard InChI is InChI=1S/C15H19N3O2/c1-3-18-11-16-17-14(18)13(15(19)20-4-2)10-12-8-6-5-7-9-12/h5-9,11,13H,3-4,10H2,1-2H3. The van der Waals surface area contributed by atoms with E-state index in [1.807, 2.05) is 48.7 Å². The van der Waals surface area contributed by atoms with E-state index in [9.17, 15) is 4.79 Å². The number of nitrogens with zero attached hydrogens (tertiary/aromatic N) is 3. The van der Waals surface area contributed by atoms with E-state index in [-0.39, 0.29) is 5.97 Å². The minimum Gasteiger partial charge on any atom is -0.465 e. The number of aromatic nitrogens is 3. The fraction of sp³-hybridized carbons (Fsp3) is 0.400. The predicted octanol–water partition coefficient (Wildman–Crippen LogP) is 2.19. The minimum absolute atomic E-state index is 0.251. The summed E-state index contributed by atoms with van der Waals surface area (Å²) in [4.78, 5) is 12.2. The summed E-state index contributed by atoms with van der Waals surface area (Å²) in [7, 11) is 0. The molecule has 0 fully saturated rings. The highest BCUT2D eigenvalue weighted by Crippen LogP contribution is 2.21. The van der Waals surface area contributed by atoms with Gasteiger partial charge in [0, 0.05) is 6.54 Å². The number of rotatable bonds is 6. The lowest BCUT2D eigenvalue weighted by atomic mass is 9.98. The fourth-order valence-electron chi connectivity index (χ4n) is 2.15. The molecule has 2 aromatic rings. The van der Waals surface area contributed by atoms with Crippen molar-refractivity contribution in [2.24, 2.45) is 0 Å². The molecule has 0 amide bonds. The van der Waals surface area contributed by atoms with Crippen LogP contribution in [-0.4, -0.2) is 27.3 Å². The molecule has 1 heterocycles. The van der Waals surface area contributed by atoms with Gasteiger partial charge in [-0.25, -0.2) is 0 Å². The molecule has 1 atom stereocenters. The van der Waals surface area contributed by atoms with E-state index in [0.717, 1.165) is 12.1 Å². The Balaban J connectivity index is 2.27. The molecular formula is C15H19N3O2. The lowest BCUT2D eigenvalue weighted by Gasteiger charge is -2.15. The fourth-order valence-corrected chi connectivity index (χ4v) is 2.15. The van der Waals surface area contributed by atoms with Gasteiger partial charge in [-0.05, 0) is 25.8 Å². The molecule has 1 aromatic carbocycles. The maximum absolute atomic E-state index is 12.2. The molecule has 0 bridgehead atoms. The third-order valence-electron chi connectivity index (χ3n) is 3.15. The summed E-state index contributed by atoms with van der Waals surface area (Å²) in [5.74, 6) is -0.00587. The van der Waals surface area contributed by atoms with Gasteiger partial charge >= 0.3 is 5.97 Å². The lowest BCUT2D eigenvalue weighted by Crippen LogP contribution is -2.22. The second-order valence-electron chi connectivity index (χ2n) is 4.47. The third kappa shape index (κ3) is 3.23. The lowest BCUT2D eigenvalue weighted by molar-refractivity contribution is -0.145. The van der Waals surface area contributed by atoms with Crippen LogP contribution in [0.15, 0.2) is 36.7 Å². The molecule has 0 saturated carbocycles. The Labute approximate surface area is 118 Å². The van der Waals surface area contributed by atoms with Gasteiger partial charge in [-0.15, -0.1) is 10.2 Å². The Kier molecular flexibility index (Phi) is 4.87. The molecule has 20 heavy (non-hydrogen) atoms. The van der Waals surface area contributed by atoms with Crippen molar-refractivity contribution in [1.29, 1.82) is 0 Å². The topological polar surface area (TPSA) is 57.0 Å². The van der Waals surface area contributed by atoms with Crippen LogP contribution in [0, 0.1) is 0 Å². The van der Waals surface area contributed by atoms with Crippen molar-refractivity contribution in [3.05, 3.63) is 48.0 Å². The van der Waals surface area contributed by atoms with Crippen molar-refractivity contribution >= 4 is 5.97 Å². The minimum atomic E-state index is -0.417. The Morgan fingerprint density at radius 1 is 1.30 bits per heavy atom. The zero-order valence-corrected chi connectivity index (χ0v) is 11.8. The number of hydrogen-bond donors (Lipinski definition) is 0. The molecule has 106 valence electrons. The second-order valence-corrected chi connectivity index (χ2v) is 4.47. The molecule has 1 unspecified atom stereocenters. The largest absolute Gasteiger partial charge is 0.465 e. The first-order chi connectivity index (χ1) is 9.76. The number of carbonyl (C=O) groups excluding carboxylic acids is 1. The summed E-state index contributed by atoms with van der Waals surface area (Å²) < 4.78 is 7.06. The molecule has 0 aliphatic carbocycles. The van der Waals surface area contributed by atoms with Crippen molar-refractivity contribution in [1.82, 2.24) is 14.8 Å². The number of esters is 1. The zero-order valence-electron chi connectivity index (χ0n) is 11.8. The van der Waals surface area contributed by atoms with Crippen LogP contribution >= 0.6 is 0 Å². The van der Waals surface area contributed by atoms with Crippen LogP contribution in [0.25, 0.3) is 0 Å². The van der Waals surface area contributed by atoms with E-state index >= 15 is 0 Å². The van der Waals surface area contributed by atoms with Crippen molar-refractivity contribution in [3.8, 4) is 0 Å². The molecule has 2 rings (SSSR count). The Bertz CT molecular complexity index is 551. The first-order valence-electron chi connectivity index (χ1n) is 6.84. The van der Waals surface area contributed by atoms with E-state index in [2.05, 4.69) is 10.2 Å². The number of carbonyl (C=O) groups is 1. The molecule has 0 saturated heterocycles. The monoisotopic (exact) mass is 273 g/mol. The zero-order chi connectivity index (χ0) is 14.4. The number of benzene rings is 1. The molecule has 1 aromatic heterocycles. The van der Waals surface area contributed by atoms with Crippen molar-refractivity contribution in [2.45, 2.75) is 32.7 Å². The van der Waals surface area contributed by atoms with Gasteiger partial charge in [0.2, 0.25) is 0 Å². The van der Waals surface area contributed by atoms with E-state index in [1.165, 1.54) is 0 Å². The van der Waals surface area contributed by atoms with E-state index in [4.69, 9.17) is 4.74 Å². The van der Waals surface area contributed by atoms with Gasteiger partial charge in [0.25, 0.3) is 0 Å². The van der Waals surface area contributed by atoms with Crippen molar-refractivity contribution in [2.75, 3.05) is 6.61 Å². The van der Waals surface area contributed by atoms with E-state index < -0.39 is 5.92 Å². The summed E-state index contributed by atoms with van der Waals surface area (Å²) in [6.45, 7) is 4.90. The van der Waals surface area contributed by atoms with Crippen LogP contribution in [0.4, 0.5) is 0 Å². The highest BCUT2D eigenvalue weighted by atomic mass is 16.5. The van der Waals surface area contributed by atoms with Crippen LogP contribution in [-0.2, 0) is 22.5 Å². The van der Waals surface area contributed by atoms with Crippen molar-refractivity contribution < 1.29 is 9.53 Å². The number of ether oxygens (including phenoxy) is 1. The third-order valence-corrected chi connectivity index (χ3v) is 3.15. The smallest absolute Gasteiger partial charge is 0.317 e. The van der Waals surface area contributed by atoms with Gasteiger partial charge in [0.15, 0.2) is 0 Å². The van der Waals surface area contributed by atoms with Gasteiger partial charge in [-0.3, -0.25) is 4.79 Å². The highest BCUT2D eigenvalue weighted by Gasteiger charge is 2.27. The Morgan fingerprint density at radius 3 is 2.70 bits per heavy atom. The molecule has 0 aliphatic heterocycles. The van der Waals surface area contributed by atoms with Gasteiger partial charge in [-0.1, -0.05) is 30.3 Å². The first kappa shape index (κ1) is 14.2. The Hall–Kier alpha value is -2.17. The summed E-state index contributed by atoms with van der Waals surface area (Å²) in [6, 6.07) is 9.87. The highest BCUT2D eigenvalue weighted by molar-refractivity contribution is 5.77. The van der Waals surface area contributed by atoms with Gasteiger partial charge < -0.3 is 9.30 Å². The molecule has 5 nitrogen and oxygen atoms in total. The summed E-state index contributed by atoms with van der Waals surface area (Å²) in [5.41, 5.74) is 1.08. The number of aryl methyl sites for hydroxylation is 1. The summed E-state index contributed by atoms with van der Waals surface area (Å²) >= 11 is 0. The summed E-state index contributed by atoms with van der Waals surface area (Å²) in [5, 5.41) is 8.00. The Morgan fingerprint density at radius 2 is 2.05 bits per heavy atom. The average Bonchev–Trinajstić information content (AvgIpc) is 2.94. The molecule has 0 N–H and O–H groups in total. The van der Waals surface area contributed by atoms with Crippen LogP contribution < -0.4 is 0 Å². The van der Waals surface area contributed by atoms with Crippen LogP contribution in [0.2, 0.25) is 0 Å². The predicted molar refractivity (Wildman–Crippen MR) is 75.2 cm³/mol. The van der Waals surface area contributed by atoms with E-state index in [0.29, 0.717) is 18.9 Å².